The molecule has 0 aliphatic carbocycles. The second-order valence-electron chi connectivity index (χ2n) is 5.27. The van der Waals surface area contributed by atoms with Crippen molar-refractivity contribution in [2.45, 2.75) is 26.2 Å². The maximum Gasteiger partial charge on any atom is 0.224 e. The van der Waals surface area contributed by atoms with Gasteiger partial charge in [-0.3, -0.25) is 9.59 Å². The zero-order valence-corrected chi connectivity index (χ0v) is 13.1. The van der Waals surface area contributed by atoms with E-state index in [-0.39, 0.29) is 11.8 Å². The molecule has 5 nitrogen and oxygen atoms in total. The molecule has 0 saturated carbocycles. The number of benzene rings is 2. The van der Waals surface area contributed by atoms with Crippen molar-refractivity contribution in [3.8, 4) is 0 Å². The van der Waals surface area contributed by atoms with Gasteiger partial charge in [0.15, 0.2) is 0 Å². The average Bonchev–Trinajstić information content (AvgIpc) is 2.54. The van der Waals surface area contributed by atoms with Gasteiger partial charge in [-0.05, 0) is 42.3 Å². The van der Waals surface area contributed by atoms with Crippen molar-refractivity contribution in [1.82, 2.24) is 0 Å². The molecule has 2 amide bonds. The molecule has 23 heavy (non-hydrogen) atoms. The summed E-state index contributed by atoms with van der Waals surface area (Å²) in [5.74, 6) is -0.127. The van der Waals surface area contributed by atoms with E-state index in [2.05, 4.69) is 10.6 Å². The number of anilines is 3. The van der Waals surface area contributed by atoms with Crippen LogP contribution in [0.25, 0.3) is 0 Å². The zero-order valence-electron chi connectivity index (χ0n) is 13.1. The molecule has 4 N–H and O–H groups in total. The van der Waals surface area contributed by atoms with Crippen molar-refractivity contribution in [2.75, 3.05) is 16.4 Å². The summed E-state index contributed by atoms with van der Waals surface area (Å²) in [6.07, 6.45) is 1.45. The number of aryl methyl sites for hydroxylation is 1. The summed E-state index contributed by atoms with van der Waals surface area (Å²) in [4.78, 5) is 23.4. The first-order valence-electron chi connectivity index (χ1n) is 7.61. The third kappa shape index (κ3) is 5.47. The van der Waals surface area contributed by atoms with E-state index in [1.54, 1.807) is 31.2 Å². The highest BCUT2D eigenvalue weighted by atomic mass is 16.2. The number of rotatable bonds is 6. The van der Waals surface area contributed by atoms with Crippen LogP contribution in [0.3, 0.4) is 0 Å². The molecular formula is C18H21N3O2. The number of hydrogen-bond donors (Lipinski definition) is 3. The maximum atomic E-state index is 12.0. The Kier molecular flexibility index (Phi) is 5.74. The Morgan fingerprint density at radius 1 is 0.957 bits per heavy atom. The van der Waals surface area contributed by atoms with Crippen LogP contribution in [0.5, 0.6) is 0 Å². The molecule has 0 atom stereocenters. The van der Waals surface area contributed by atoms with Gasteiger partial charge >= 0.3 is 0 Å². The molecule has 0 bridgehead atoms. The predicted octanol–water partition coefficient (Wildman–Crippen LogP) is 3.19. The smallest absolute Gasteiger partial charge is 0.224 e. The number of nitrogens with one attached hydrogen (secondary N) is 2. The summed E-state index contributed by atoms with van der Waals surface area (Å²) < 4.78 is 0. The van der Waals surface area contributed by atoms with Gasteiger partial charge in [0, 0.05) is 29.9 Å². The fourth-order valence-corrected chi connectivity index (χ4v) is 2.09. The monoisotopic (exact) mass is 311 g/mol. The first kappa shape index (κ1) is 16.5. The molecule has 0 spiro atoms. The van der Waals surface area contributed by atoms with Crippen LogP contribution < -0.4 is 16.4 Å². The molecule has 0 saturated heterocycles. The van der Waals surface area contributed by atoms with Crippen LogP contribution in [0.4, 0.5) is 17.1 Å². The highest BCUT2D eigenvalue weighted by Gasteiger charge is 2.05. The number of hydrogen-bond acceptors (Lipinski definition) is 3. The van der Waals surface area contributed by atoms with Gasteiger partial charge in [0.2, 0.25) is 11.8 Å². The Morgan fingerprint density at radius 2 is 1.57 bits per heavy atom. The predicted molar refractivity (Wildman–Crippen MR) is 93.2 cm³/mol. The van der Waals surface area contributed by atoms with Crippen molar-refractivity contribution in [1.29, 1.82) is 0 Å². The second kappa shape index (κ2) is 7.98. The molecule has 0 fully saturated rings. The van der Waals surface area contributed by atoms with Crippen molar-refractivity contribution in [3.05, 3.63) is 54.1 Å². The standard InChI is InChI=1S/C18H21N3O2/c1-2-17(22)20-15-4-3-5-16(12-15)21-18(23)11-8-13-6-9-14(19)10-7-13/h3-7,9-10,12H,2,8,11,19H2,1H3,(H,20,22)(H,21,23). The average molecular weight is 311 g/mol. The Hall–Kier alpha value is -2.82. The molecule has 0 radical (unpaired) electrons. The van der Waals surface area contributed by atoms with E-state index in [0.29, 0.717) is 36.3 Å². The molecule has 0 heterocycles. The van der Waals surface area contributed by atoms with Crippen LogP contribution in [0.2, 0.25) is 0 Å². The molecule has 0 unspecified atom stereocenters. The van der Waals surface area contributed by atoms with E-state index >= 15 is 0 Å². The summed E-state index contributed by atoms with van der Waals surface area (Å²) in [6.45, 7) is 1.79. The minimum atomic E-state index is -0.0687. The summed E-state index contributed by atoms with van der Waals surface area (Å²) in [5.41, 5.74) is 8.76. The lowest BCUT2D eigenvalue weighted by Gasteiger charge is -2.08. The largest absolute Gasteiger partial charge is 0.399 e. The third-order valence-electron chi connectivity index (χ3n) is 3.37. The maximum absolute atomic E-state index is 12.0. The van der Waals surface area contributed by atoms with Crippen LogP contribution in [0.15, 0.2) is 48.5 Å². The van der Waals surface area contributed by atoms with Crippen LogP contribution in [-0.4, -0.2) is 11.8 Å². The zero-order chi connectivity index (χ0) is 16.7. The van der Waals surface area contributed by atoms with E-state index in [1.165, 1.54) is 0 Å². The normalized spacial score (nSPS) is 10.1. The van der Waals surface area contributed by atoms with Crippen molar-refractivity contribution in [2.24, 2.45) is 0 Å². The molecule has 2 aromatic carbocycles. The van der Waals surface area contributed by atoms with Crippen LogP contribution in [0.1, 0.15) is 25.3 Å². The highest BCUT2D eigenvalue weighted by Crippen LogP contribution is 2.16. The van der Waals surface area contributed by atoms with Crippen LogP contribution >= 0.6 is 0 Å². The van der Waals surface area contributed by atoms with Crippen LogP contribution in [-0.2, 0) is 16.0 Å². The molecule has 2 aromatic rings. The van der Waals surface area contributed by atoms with E-state index in [4.69, 9.17) is 5.73 Å². The van der Waals surface area contributed by atoms with Crippen LogP contribution in [0, 0.1) is 0 Å². The lowest BCUT2D eigenvalue weighted by Crippen LogP contribution is -2.13. The number of amides is 2. The first-order chi connectivity index (χ1) is 11.1. The number of carbonyl (C=O) groups is 2. The first-order valence-corrected chi connectivity index (χ1v) is 7.61. The lowest BCUT2D eigenvalue weighted by molar-refractivity contribution is -0.116. The van der Waals surface area contributed by atoms with Gasteiger partial charge in [-0.25, -0.2) is 0 Å². The van der Waals surface area contributed by atoms with Gasteiger partial charge in [0.25, 0.3) is 0 Å². The molecule has 5 heteroatoms. The number of carbonyl (C=O) groups excluding carboxylic acids is 2. The molecule has 0 aliphatic rings. The Bertz CT molecular complexity index is 681. The van der Waals surface area contributed by atoms with Gasteiger partial charge < -0.3 is 16.4 Å². The Labute approximate surface area is 135 Å². The quantitative estimate of drug-likeness (QED) is 0.716. The number of nitrogens with two attached hydrogens (primary N) is 1. The fraction of sp³-hybridized carbons (Fsp3) is 0.222. The summed E-state index contributed by atoms with van der Waals surface area (Å²) in [7, 11) is 0. The summed E-state index contributed by atoms with van der Waals surface area (Å²) >= 11 is 0. The molecule has 2 rings (SSSR count). The van der Waals surface area contributed by atoms with E-state index in [0.717, 1.165) is 5.56 Å². The van der Waals surface area contributed by atoms with Crippen molar-refractivity contribution >= 4 is 28.9 Å². The van der Waals surface area contributed by atoms with Gasteiger partial charge in [0.05, 0.1) is 0 Å². The SMILES string of the molecule is CCC(=O)Nc1cccc(NC(=O)CCc2ccc(N)cc2)c1. The Morgan fingerprint density at radius 3 is 2.17 bits per heavy atom. The summed E-state index contributed by atoms with van der Waals surface area (Å²) in [6, 6.07) is 14.6. The topological polar surface area (TPSA) is 84.2 Å². The van der Waals surface area contributed by atoms with Gasteiger partial charge in [0.1, 0.15) is 0 Å². The second-order valence-corrected chi connectivity index (χ2v) is 5.27. The van der Waals surface area contributed by atoms with E-state index < -0.39 is 0 Å². The molecule has 120 valence electrons. The molecule has 0 aliphatic heterocycles. The van der Waals surface area contributed by atoms with Crippen molar-refractivity contribution in [3.63, 3.8) is 0 Å². The van der Waals surface area contributed by atoms with Gasteiger partial charge in [-0.2, -0.15) is 0 Å². The molecular weight excluding hydrogens is 290 g/mol. The third-order valence-corrected chi connectivity index (χ3v) is 3.37. The molecule has 0 aromatic heterocycles. The minimum absolute atomic E-state index is 0.0585. The fourth-order valence-electron chi connectivity index (χ4n) is 2.09. The van der Waals surface area contributed by atoms with Gasteiger partial charge in [-0.15, -0.1) is 0 Å². The lowest BCUT2D eigenvalue weighted by atomic mass is 10.1. The minimum Gasteiger partial charge on any atom is -0.399 e. The van der Waals surface area contributed by atoms with E-state index in [1.807, 2.05) is 24.3 Å². The number of nitrogen functional groups attached to an aromatic ring is 1. The van der Waals surface area contributed by atoms with E-state index in [9.17, 15) is 9.59 Å². The van der Waals surface area contributed by atoms with Crippen molar-refractivity contribution < 1.29 is 9.59 Å². The summed E-state index contributed by atoms with van der Waals surface area (Å²) in [5, 5.41) is 5.61. The van der Waals surface area contributed by atoms with Gasteiger partial charge in [-0.1, -0.05) is 25.1 Å². The Balaban J connectivity index is 1.88. The highest BCUT2D eigenvalue weighted by molar-refractivity contribution is 5.94.